The van der Waals surface area contributed by atoms with E-state index in [1.54, 1.807) is 24.1 Å². The quantitative estimate of drug-likeness (QED) is 0.902. The number of urea groups is 1. The lowest BCUT2D eigenvalue weighted by molar-refractivity contribution is 0.252. The highest BCUT2D eigenvalue weighted by atomic mass is 35.5. The molecule has 0 saturated carbocycles. The third-order valence-electron chi connectivity index (χ3n) is 2.58. The lowest BCUT2D eigenvalue weighted by atomic mass is 10.1. The number of benzene rings is 1. The number of hydrogen-bond donors (Lipinski definition) is 2. The summed E-state index contributed by atoms with van der Waals surface area (Å²) in [5.41, 5.74) is 1.80. The predicted octanol–water partition coefficient (Wildman–Crippen LogP) is 2.44. The Kier molecular flexibility index (Phi) is 4.41. The van der Waals surface area contributed by atoms with E-state index in [1.165, 1.54) is 0 Å². The molecule has 100 valence electrons. The molecule has 0 fully saturated rings. The van der Waals surface area contributed by atoms with E-state index in [4.69, 9.17) is 11.6 Å². The highest BCUT2D eigenvalue weighted by Crippen LogP contribution is 2.09. The number of aromatic nitrogens is 2. The van der Waals surface area contributed by atoms with Gasteiger partial charge in [-0.1, -0.05) is 23.7 Å². The lowest BCUT2D eigenvalue weighted by Gasteiger charge is -2.06. The molecule has 0 bridgehead atoms. The molecule has 0 aliphatic heterocycles. The van der Waals surface area contributed by atoms with Gasteiger partial charge in [-0.15, -0.1) is 0 Å². The zero-order valence-electron chi connectivity index (χ0n) is 10.6. The van der Waals surface area contributed by atoms with E-state index >= 15 is 0 Å². The normalized spacial score (nSPS) is 10.2. The van der Waals surface area contributed by atoms with Crippen LogP contribution in [0.1, 0.15) is 5.56 Å². The second-order valence-electron chi connectivity index (χ2n) is 4.16. The summed E-state index contributed by atoms with van der Waals surface area (Å²) in [6.45, 7) is 0.563. The minimum absolute atomic E-state index is 0.234. The van der Waals surface area contributed by atoms with Gasteiger partial charge in [-0.25, -0.2) is 4.79 Å². The van der Waals surface area contributed by atoms with Gasteiger partial charge in [0.25, 0.3) is 0 Å². The van der Waals surface area contributed by atoms with Crippen LogP contribution in [0.15, 0.2) is 36.7 Å². The smallest absolute Gasteiger partial charge is 0.319 e. The molecule has 6 heteroatoms. The van der Waals surface area contributed by atoms with Gasteiger partial charge in [0, 0.05) is 24.8 Å². The zero-order valence-corrected chi connectivity index (χ0v) is 11.3. The molecule has 2 rings (SSSR count). The molecule has 1 heterocycles. The average Bonchev–Trinajstić information content (AvgIpc) is 2.77. The molecule has 0 aliphatic carbocycles. The Balaban J connectivity index is 1.73. The predicted molar refractivity (Wildman–Crippen MR) is 75.4 cm³/mol. The fourth-order valence-corrected chi connectivity index (χ4v) is 1.76. The van der Waals surface area contributed by atoms with Crippen LogP contribution in [0.5, 0.6) is 0 Å². The number of nitrogens with zero attached hydrogens (tertiary/aromatic N) is 2. The average molecular weight is 279 g/mol. The van der Waals surface area contributed by atoms with Crippen LogP contribution in [-0.4, -0.2) is 22.4 Å². The fourth-order valence-electron chi connectivity index (χ4n) is 1.63. The molecule has 0 atom stereocenters. The Labute approximate surface area is 116 Å². The summed E-state index contributed by atoms with van der Waals surface area (Å²) in [6.07, 6.45) is 4.09. The zero-order chi connectivity index (χ0) is 13.7. The van der Waals surface area contributed by atoms with E-state index in [2.05, 4.69) is 15.7 Å². The lowest BCUT2D eigenvalue weighted by Crippen LogP contribution is -2.30. The summed E-state index contributed by atoms with van der Waals surface area (Å²) in [5, 5.41) is 10.2. The van der Waals surface area contributed by atoms with Crippen molar-refractivity contribution in [3.63, 3.8) is 0 Å². The van der Waals surface area contributed by atoms with E-state index in [9.17, 15) is 4.79 Å². The molecule has 2 aromatic rings. The molecule has 5 nitrogen and oxygen atoms in total. The summed E-state index contributed by atoms with van der Waals surface area (Å²) in [5.74, 6) is 0. The molecule has 0 unspecified atom stereocenters. The Morgan fingerprint density at radius 2 is 2.11 bits per heavy atom. The molecule has 2 N–H and O–H groups in total. The molecule has 0 aliphatic rings. The van der Waals surface area contributed by atoms with E-state index in [0.717, 1.165) is 12.0 Å². The highest BCUT2D eigenvalue weighted by molar-refractivity contribution is 6.30. The molecule has 0 spiro atoms. The van der Waals surface area contributed by atoms with Crippen molar-refractivity contribution < 1.29 is 4.79 Å². The van der Waals surface area contributed by atoms with Gasteiger partial charge < -0.3 is 10.6 Å². The van der Waals surface area contributed by atoms with E-state index in [0.29, 0.717) is 17.3 Å². The third-order valence-corrected chi connectivity index (χ3v) is 2.83. The summed E-state index contributed by atoms with van der Waals surface area (Å²) in [4.78, 5) is 11.6. The van der Waals surface area contributed by atoms with Gasteiger partial charge in [0.15, 0.2) is 0 Å². The SMILES string of the molecule is Cn1cc(NC(=O)NCCc2ccc(Cl)cc2)cn1. The highest BCUT2D eigenvalue weighted by Gasteiger charge is 2.02. The second-order valence-corrected chi connectivity index (χ2v) is 4.60. The number of aryl methyl sites for hydroxylation is 1. The van der Waals surface area contributed by atoms with Crippen LogP contribution in [-0.2, 0) is 13.5 Å². The summed E-state index contributed by atoms with van der Waals surface area (Å²) >= 11 is 5.80. The van der Waals surface area contributed by atoms with Crippen molar-refractivity contribution in [1.29, 1.82) is 0 Å². The number of amides is 2. The van der Waals surface area contributed by atoms with Gasteiger partial charge in [0.05, 0.1) is 11.9 Å². The van der Waals surface area contributed by atoms with Crippen LogP contribution in [0, 0.1) is 0 Å². The monoisotopic (exact) mass is 278 g/mol. The van der Waals surface area contributed by atoms with Crippen molar-refractivity contribution in [2.24, 2.45) is 7.05 Å². The van der Waals surface area contributed by atoms with Crippen molar-refractivity contribution in [2.45, 2.75) is 6.42 Å². The molecular formula is C13H15ClN4O. The van der Waals surface area contributed by atoms with Gasteiger partial charge in [-0.05, 0) is 24.1 Å². The Bertz CT molecular complexity index is 550. The number of anilines is 1. The minimum Gasteiger partial charge on any atom is -0.338 e. The van der Waals surface area contributed by atoms with Crippen LogP contribution in [0.25, 0.3) is 0 Å². The van der Waals surface area contributed by atoms with Crippen LogP contribution >= 0.6 is 11.6 Å². The topological polar surface area (TPSA) is 59.0 Å². The van der Waals surface area contributed by atoms with E-state index in [-0.39, 0.29) is 6.03 Å². The van der Waals surface area contributed by atoms with Gasteiger partial charge in [0.2, 0.25) is 0 Å². The first-order valence-electron chi connectivity index (χ1n) is 5.91. The van der Waals surface area contributed by atoms with Crippen molar-refractivity contribution in [3.8, 4) is 0 Å². The maximum Gasteiger partial charge on any atom is 0.319 e. The number of halogens is 1. The first-order chi connectivity index (χ1) is 9.13. The summed E-state index contributed by atoms with van der Waals surface area (Å²) < 4.78 is 1.63. The van der Waals surface area contributed by atoms with Gasteiger partial charge in [-0.2, -0.15) is 5.10 Å². The molecular weight excluding hydrogens is 264 g/mol. The summed E-state index contributed by atoms with van der Waals surface area (Å²) in [7, 11) is 1.80. The van der Waals surface area contributed by atoms with Crippen molar-refractivity contribution >= 4 is 23.3 Å². The van der Waals surface area contributed by atoms with Crippen LogP contribution in [0.3, 0.4) is 0 Å². The molecule has 19 heavy (non-hydrogen) atoms. The number of carbonyl (C=O) groups excluding carboxylic acids is 1. The summed E-state index contributed by atoms with van der Waals surface area (Å²) in [6, 6.07) is 7.34. The molecule has 2 amide bonds. The van der Waals surface area contributed by atoms with Crippen LogP contribution < -0.4 is 10.6 Å². The number of hydrogen-bond acceptors (Lipinski definition) is 2. The van der Waals surface area contributed by atoms with Gasteiger partial charge in [0.1, 0.15) is 0 Å². The molecule has 1 aromatic carbocycles. The van der Waals surface area contributed by atoms with Crippen LogP contribution in [0.4, 0.5) is 10.5 Å². The van der Waals surface area contributed by atoms with E-state index < -0.39 is 0 Å². The third kappa shape index (κ3) is 4.30. The maximum absolute atomic E-state index is 11.6. The van der Waals surface area contributed by atoms with Crippen molar-refractivity contribution in [1.82, 2.24) is 15.1 Å². The number of rotatable bonds is 4. The molecule has 1 aromatic heterocycles. The fraction of sp³-hybridized carbons (Fsp3) is 0.231. The number of carbonyl (C=O) groups is 1. The van der Waals surface area contributed by atoms with Crippen molar-refractivity contribution in [2.75, 3.05) is 11.9 Å². The first kappa shape index (κ1) is 13.4. The number of nitrogens with one attached hydrogen (secondary N) is 2. The van der Waals surface area contributed by atoms with Crippen LogP contribution in [0.2, 0.25) is 5.02 Å². The maximum atomic E-state index is 11.6. The first-order valence-corrected chi connectivity index (χ1v) is 6.29. The second kappa shape index (κ2) is 6.24. The minimum atomic E-state index is -0.234. The van der Waals surface area contributed by atoms with Gasteiger partial charge in [-0.3, -0.25) is 4.68 Å². The van der Waals surface area contributed by atoms with Gasteiger partial charge >= 0.3 is 6.03 Å². The standard InChI is InChI=1S/C13H15ClN4O/c1-18-9-12(8-16-18)17-13(19)15-7-6-10-2-4-11(14)5-3-10/h2-5,8-9H,6-7H2,1H3,(H2,15,17,19). The Morgan fingerprint density at radius 3 is 2.74 bits per heavy atom. The van der Waals surface area contributed by atoms with E-state index in [1.807, 2.05) is 24.3 Å². The Morgan fingerprint density at radius 1 is 1.37 bits per heavy atom. The molecule has 0 saturated heterocycles. The largest absolute Gasteiger partial charge is 0.338 e. The van der Waals surface area contributed by atoms with Crippen molar-refractivity contribution in [3.05, 3.63) is 47.2 Å². The Hall–Kier alpha value is -2.01. The molecule has 0 radical (unpaired) electrons.